The maximum atomic E-state index is 11.9. The highest BCUT2D eigenvalue weighted by Crippen LogP contribution is 2.23. The number of para-hydroxylation sites is 1. The first kappa shape index (κ1) is 12.6. The van der Waals surface area contributed by atoms with Crippen molar-refractivity contribution in [1.82, 2.24) is 4.98 Å². The van der Waals surface area contributed by atoms with Gasteiger partial charge in [0.15, 0.2) is 0 Å². The second-order valence-corrected chi connectivity index (χ2v) is 5.67. The number of amides is 1. The fourth-order valence-corrected chi connectivity index (χ4v) is 1.88. The Bertz CT molecular complexity index is 565. The van der Waals surface area contributed by atoms with Crippen LogP contribution >= 0.6 is 0 Å². The first-order valence-corrected chi connectivity index (χ1v) is 6.09. The normalized spacial score (nSPS) is 11.5. The molecule has 0 saturated heterocycles. The van der Waals surface area contributed by atoms with Crippen molar-refractivity contribution in [3.63, 3.8) is 0 Å². The van der Waals surface area contributed by atoms with Crippen molar-refractivity contribution in [2.45, 2.75) is 27.2 Å². The van der Waals surface area contributed by atoms with Crippen LogP contribution in [0.25, 0.3) is 10.9 Å². The van der Waals surface area contributed by atoms with Gasteiger partial charge in [0.05, 0.1) is 11.2 Å². The smallest absolute Gasteiger partial charge is 0.224 e. The van der Waals surface area contributed by atoms with E-state index in [1.807, 2.05) is 51.1 Å². The number of hydrogen-bond acceptors (Lipinski definition) is 2. The first-order valence-electron chi connectivity index (χ1n) is 6.09. The molecule has 0 fully saturated rings. The molecule has 1 heterocycles. The summed E-state index contributed by atoms with van der Waals surface area (Å²) in [6, 6.07) is 9.68. The van der Waals surface area contributed by atoms with E-state index < -0.39 is 0 Å². The molecule has 18 heavy (non-hydrogen) atoms. The van der Waals surface area contributed by atoms with E-state index in [2.05, 4.69) is 10.3 Å². The van der Waals surface area contributed by atoms with Crippen LogP contribution in [-0.2, 0) is 4.79 Å². The summed E-state index contributed by atoms with van der Waals surface area (Å²) in [5.41, 5.74) is 1.60. The monoisotopic (exact) mass is 242 g/mol. The highest BCUT2D eigenvalue weighted by Gasteiger charge is 2.16. The first-order chi connectivity index (χ1) is 8.46. The molecule has 94 valence electrons. The second-order valence-electron chi connectivity index (χ2n) is 5.67. The third-order valence-corrected chi connectivity index (χ3v) is 2.60. The van der Waals surface area contributed by atoms with E-state index in [9.17, 15) is 4.79 Å². The lowest BCUT2D eigenvalue weighted by atomic mass is 9.92. The number of hydrogen-bond donors (Lipinski definition) is 1. The van der Waals surface area contributed by atoms with Crippen molar-refractivity contribution in [2.75, 3.05) is 5.32 Å². The molecule has 0 radical (unpaired) electrons. The number of aromatic nitrogens is 1. The molecular weight excluding hydrogens is 224 g/mol. The van der Waals surface area contributed by atoms with Gasteiger partial charge in [0.25, 0.3) is 0 Å². The Balaban J connectivity index is 2.24. The summed E-state index contributed by atoms with van der Waals surface area (Å²) in [7, 11) is 0. The molecule has 1 N–H and O–H groups in total. The van der Waals surface area contributed by atoms with Gasteiger partial charge in [-0.05, 0) is 17.5 Å². The van der Waals surface area contributed by atoms with E-state index in [1.165, 1.54) is 0 Å². The number of benzene rings is 1. The summed E-state index contributed by atoms with van der Waals surface area (Å²) in [4.78, 5) is 16.2. The predicted molar refractivity (Wildman–Crippen MR) is 74.4 cm³/mol. The Labute approximate surface area is 107 Å². The predicted octanol–water partition coefficient (Wildman–Crippen LogP) is 3.61. The van der Waals surface area contributed by atoms with Gasteiger partial charge in [-0.3, -0.25) is 9.78 Å². The molecule has 3 nitrogen and oxygen atoms in total. The fourth-order valence-electron chi connectivity index (χ4n) is 1.88. The van der Waals surface area contributed by atoms with Crippen LogP contribution in [0.15, 0.2) is 36.5 Å². The average Bonchev–Trinajstić information content (AvgIpc) is 2.27. The van der Waals surface area contributed by atoms with Gasteiger partial charge in [-0.2, -0.15) is 0 Å². The van der Waals surface area contributed by atoms with E-state index in [4.69, 9.17) is 0 Å². The summed E-state index contributed by atoms with van der Waals surface area (Å²) in [6.45, 7) is 6.15. The maximum absolute atomic E-state index is 11.9. The van der Waals surface area contributed by atoms with E-state index >= 15 is 0 Å². The van der Waals surface area contributed by atoms with Crippen LogP contribution in [0.3, 0.4) is 0 Å². The van der Waals surface area contributed by atoms with E-state index in [0.717, 1.165) is 16.6 Å². The van der Waals surface area contributed by atoms with Crippen molar-refractivity contribution in [3.05, 3.63) is 36.5 Å². The van der Waals surface area contributed by atoms with Crippen LogP contribution in [0.2, 0.25) is 0 Å². The zero-order valence-corrected chi connectivity index (χ0v) is 11.0. The number of carbonyl (C=O) groups is 1. The van der Waals surface area contributed by atoms with Crippen LogP contribution in [-0.4, -0.2) is 10.9 Å². The minimum Gasteiger partial charge on any atom is -0.324 e. The Morgan fingerprint density at radius 3 is 2.67 bits per heavy atom. The number of carbonyl (C=O) groups excluding carboxylic acids is 1. The van der Waals surface area contributed by atoms with Gasteiger partial charge in [0.1, 0.15) is 0 Å². The number of nitrogens with one attached hydrogen (secondary N) is 1. The van der Waals surface area contributed by atoms with Crippen molar-refractivity contribution in [1.29, 1.82) is 0 Å². The van der Waals surface area contributed by atoms with E-state index in [0.29, 0.717) is 6.42 Å². The van der Waals surface area contributed by atoms with Gasteiger partial charge < -0.3 is 5.32 Å². The molecule has 0 aliphatic heterocycles. The molecule has 1 aromatic carbocycles. The van der Waals surface area contributed by atoms with Crippen LogP contribution in [0, 0.1) is 5.41 Å². The molecule has 2 aromatic rings. The second kappa shape index (κ2) is 4.77. The van der Waals surface area contributed by atoms with Crippen LogP contribution in [0.4, 0.5) is 5.69 Å². The van der Waals surface area contributed by atoms with E-state index in [-0.39, 0.29) is 11.3 Å². The zero-order chi connectivity index (χ0) is 13.2. The summed E-state index contributed by atoms with van der Waals surface area (Å²) in [5, 5.41) is 3.97. The number of pyridine rings is 1. The minimum atomic E-state index is -0.0118. The number of nitrogens with zero attached hydrogens (tertiary/aromatic N) is 1. The Morgan fingerprint density at radius 1 is 1.22 bits per heavy atom. The molecule has 0 unspecified atom stereocenters. The molecule has 0 spiro atoms. The lowest BCUT2D eigenvalue weighted by Crippen LogP contribution is -2.19. The molecule has 0 bridgehead atoms. The highest BCUT2D eigenvalue weighted by molar-refractivity contribution is 6.00. The molecular formula is C15H18N2O. The van der Waals surface area contributed by atoms with Gasteiger partial charge in [0, 0.05) is 18.0 Å². The quantitative estimate of drug-likeness (QED) is 0.874. The van der Waals surface area contributed by atoms with Gasteiger partial charge in [-0.25, -0.2) is 0 Å². The Morgan fingerprint density at radius 2 is 1.94 bits per heavy atom. The van der Waals surface area contributed by atoms with Crippen molar-refractivity contribution in [3.8, 4) is 0 Å². The molecule has 0 aliphatic carbocycles. The highest BCUT2D eigenvalue weighted by atomic mass is 16.1. The average molecular weight is 242 g/mol. The van der Waals surface area contributed by atoms with E-state index in [1.54, 1.807) is 6.20 Å². The Kier molecular flexibility index (Phi) is 3.32. The van der Waals surface area contributed by atoms with Crippen LogP contribution in [0.1, 0.15) is 27.2 Å². The van der Waals surface area contributed by atoms with Crippen molar-refractivity contribution >= 4 is 22.5 Å². The number of anilines is 1. The number of rotatable bonds is 2. The lowest BCUT2D eigenvalue weighted by molar-refractivity contribution is -0.117. The molecule has 3 heteroatoms. The van der Waals surface area contributed by atoms with Gasteiger partial charge >= 0.3 is 0 Å². The minimum absolute atomic E-state index is 0.0118. The molecule has 1 amide bonds. The molecule has 0 atom stereocenters. The summed E-state index contributed by atoms with van der Waals surface area (Å²) in [6.07, 6.45) is 2.23. The lowest BCUT2D eigenvalue weighted by Gasteiger charge is -2.17. The SMILES string of the molecule is CC(C)(C)CC(=O)Nc1cccc2cccnc12. The molecule has 1 aromatic heterocycles. The van der Waals surface area contributed by atoms with Gasteiger partial charge in [-0.15, -0.1) is 0 Å². The Hall–Kier alpha value is -1.90. The van der Waals surface area contributed by atoms with Gasteiger partial charge in [-0.1, -0.05) is 39.0 Å². The molecule has 0 saturated carbocycles. The topological polar surface area (TPSA) is 42.0 Å². The third-order valence-electron chi connectivity index (χ3n) is 2.60. The summed E-state index contributed by atoms with van der Waals surface area (Å²) < 4.78 is 0. The standard InChI is InChI=1S/C15H18N2O/c1-15(2,3)10-13(18)17-12-8-4-6-11-7-5-9-16-14(11)12/h4-9H,10H2,1-3H3,(H,17,18). The number of fused-ring (bicyclic) bond motifs is 1. The molecule has 2 rings (SSSR count). The fraction of sp³-hybridized carbons (Fsp3) is 0.333. The largest absolute Gasteiger partial charge is 0.324 e. The van der Waals surface area contributed by atoms with Crippen LogP contribution in [0.5, 0.6) is 0 Å². The summed E-state index contributed by atoms with van der Waals surface area (Å²) in [5.74, 6) is 0.0284. The summed E-state index contributed by atoms with van der Waals surface area (Å²) >= 11 is 0. The zero-order valence-electron chi connectivity index (χ0n) is 11.0. The third kappa shape index (κ3) is 3.06. The maximum Gasteiger partial charge on any atom is 0.224 e. The van der Waals surface area contributed by atoms with Crippen molar-refractivity contribution in [2.24, 2.45) is 5.41 Å². The van der Waals surface area contributed by atoms with Gasteiger partial charge in [0.2, 0.25) is 5.91 Å². The van der Waals surface area contributed by atoms with Crippen molar-refractivity contribution < 1.29 is 4.79 Å². The van der Waals surface area contributed by atoms with Crippen LogP contribution < -0.4 is 5.32 Å². The molecule has 0 aliphatic rings.